The number of hydrogen-bond acceptors (Lipinski definition) is 6. The van der Waals surface area contributed by atoms with Gasteiger partial charge in [-0.3, -0.25) is 19.4 Å². The van der Waals surface area contributed by atoms with Crippen LogP contribution in [0.2, 0.25) is 0 Å². The Labute approximate surface area is 183 Å². The smallest absolute Gasteiger partial charge is 0.325 e. The van der Waals surface area contributed by atoms with Crippen molar-refractivity contribution in [3.8, 4) is 0 Å². The standard InChI is InChI=1S/C21H24FN5O3S/c1-14-23-17(13-31-14)11-25-7-9-26(10-8-25)18(28)12-27-19(29)21(2,24-20(27)30)15-3-5-16(22)6-4-15/h3-6,13H,7-12H2,1-2H3,(H,24,30). The molecule has 2 aliphatic rings. The Balaban J connectivity index is 1.35. The van der Waals surface area contributed by atoms with Gasteiger partial charge in [-0.15, -0.1) is 11.3 Å². The van der Waals surface area contributed by atoms with Crippen LogP contribution in [0.15, 0.2) is 29.6 Å². The highest BCUT2D eigenvalue weighted by atomic mass is 32.1. The number of amides is 4. The molecule has 1 N–H and O–H groups in total. The van der Waals surface area contributed by atoms with Gasteiger partial charge in [-0.2, -0.15) is 0 Å². The third kappa shape index (κ3) is 4.31. The van der Waals surface area contributed by atoms with Gasteiger partial charge in [-0.05, 0) is 31.5 Å². The van der Waals surface area contributed by atoms with Crippen molar-refractivity contribution >= 4 is 29.2 Å². The van der Waals surface area contributed by atoms with Crippen LogP contribution < -0.4 is 5.32 Å². The first-order valence-corrected chi connectivity index (χ1v) is 11.0. The molecule has 31 heavy (non-hydrogen) atoms. The van der Waals surface area contributed by atoms with E-state index in [1.807, 2.05) is 12.3 Å². The molecule has 164 valence electrons. The Hall–Kier alpha value is -2.85. The molecule has 0 spiro atoms. The monoisotopic (exact) mass is 445 g/mol. The van der Waals surface area contributed by atoms with Crippen LogP contribution in [0.5, 0.6) is 0 Å². The van der Waals surface area contributed by atoms with Crippen molar-refractivity contribution in [1.29, 1.82) is 0 Å². The molecule has 0 aliphatic carbocycles. The maximum absolute atomic E-state index is 13.2. The van der Waals surface area contributed by atoms with E-state index in [9.17, 15) is 18.8 Å². The van der Waals surface area contributed by atoms with Crippen molar-refractivity contribution in [2.45, 2.75) is 25.9 Å². The Bertz CT molecular complexity index is 1000. The quantitative estimate of drug-likeness (QED) is 0.708. The second kappa shape index (κ2) is 8.35. The number of nitrogens with zero attached hydrogens (tertiary/aromatic N) is 4. The number of benzene rings is 1. The third-order valence-electron chi connectivity index (χ3n) is 5.77. The van der Waals surface area contributed by atoms with Gasteiger partial charge in [0.15, 0.2) is 0 Å². The second-order valence-electron chi connectivity index (χ2n) is 7.97. The molecule has 4 amide bonds. The summed E-state index contributed by atoms with van der Waals surface area (Å²) in [5, 5.41) is 5.72. The number of piperazine rings is 1. The minimum absolute atomic E-state index is 0.268. The van der Waals surface area contributed by atoms with Gasteiger partial charge in [0.1, 0.15) is 17.9 Å². The van der Waals surface area contributed by atoms with Gasteiger partial charge in [0.05, 0.1) is 10.7 Å². The second-order valence-corrected chi connectivity index (χ2v) is 9.03. The van der Waals surface area contributed by atoms with Crippen molar-refractivity contribution in [3.63, 3.8) is 0 Å². The number of hydrogen-bond donors (Lipinski definition) is 1. The van der Waals surface area contributed by atoms with Crippen LogP contribution in [0.3, 0.4) is 0 Å². The highest BCUT2D eigenvalue weighted by Gasteiger charge is 2.49. The SMILES string of the molecule is Cc1nc(CN2CCN(C(=O)CN3C(=O)NC(C)(c4ccc(F)cc4)C3=O)CC2)cs1. The number of halogens is 1. The third-order valence-corrected chi connectivity index (χ3v) is 6.59. The molecule has 3 heterocycles. The largest absolute Gasteiger partial charge is 0.339 e. The van der Waals surface area contributed by atoms with Crippen molar-refractivity contribution in [3.05, 3.63) is 51.7 Å². The van der Waals surface area contributed by atoms with Gasteiger partial charge in [-0.1, -0.05) is 12.1 Å². The number of aryl methyl sites for hydroxylation is 1. The van der Waals surface area contributed by atoms with E-state index in [4.69, 9.17) is 0 Å². The first kappa shape index (κ1) is 21.4. The predicted octanol–water partition coefficient (Wildman–Crippen LogP) is 1.70. The van der Waals surface area contributed by atoms with Crippen LogP contribution in [-0.2, 0) is 21.7 Å². The molecule has 2 fully saturated rings. The highest BCUT2D eigenvalue weighted by Crippen LogP contribution is 2.29. The molecule has 2 aliphatic heterocycles. The molecule has 4 rings (SSSR count). The van der Waals surface area contributed by atoms with Gasteiger partial charge in [0, 0.05) is 38.1 Å². The molecule has 10 heteroatoms. The lowest BCUT2D eigenvalue weighted by molar-refractivity contribution is -0.140. The number of carbonyl (C=O) groups excluding carboxylic acids is 3. The molecule has 2 aromatic rings. The summed E-state index contributed by atoms with van der Waals surface area (Å²) in [6.45, 7) is 6.43. The molecule has 8 nitrogen and oxygen atoms in total. The molecule has 1 atom stereocenters. The van der Waals surface area contributed by atoms with E-state index < -0.39 is 23.3 Å². The zero-order valence-corrected chi connectivity index (χ0v) is 18.2. The van der Waals surface area contributed by atoms with Gasteiger partial charge in [0.2, 0.25) is 5.91 Å². The predicted molar refractivity (Wildman–Crippen MR) is 113 cm³/mol. The number of nitrogens with one attached hydrogen (secondary N) is 1. The van der Waals surface area contributed by atoms with Crippen molar-refractivity contribution in [2.24, 2.45) is 0 Å². The van der Waals surface area contributed by atoms with E-state index in [0.717, 1.165) is 22.1 Å². The van der Waals surface area contributed by atoms with Crippen LogP contribution in [0.25, 0.3) is 0 Å². The summed E-state index contributed by atoms with van der Waals surface area (Å²) < 4.78 is 13.2. The first-order chi connectivity index (χ1) is 14.8. The lowest BCUT2D eigenvalue weighted by Crippen LogP contribution is -2.51. The Kier molecular flexibility index (Phi) is 5.76. The van der Waals surface area contributed by atoms with E-state index in [-0.39, 0.29) is 12.5 Å². The number of thiazole rings is 1. The average molecular weight is 446 g/mol. The Morgan fingerprint density at radius 3 is 2.48 bits per heavy atom. The minimum atomic E-state index is -1.32. The molecule has 2 saturated heterocycles. The fourth-order valence-electron chi connectivity index (χ4n) is 3.92. The van der Waals surface area contributed by atoms with E-state index in [0.29, 0.717) is 31.7 Å². The lowest BCUT2D eigenvalue weighted by atomic mass is 9.92. The molecule has 0 radical (unpaired) electrons. The number of urea groups is 1. The molecule has 0 bridgehead atoms. The van der Waals surface area contributed by atoms with E-state index >= 15 is 0 Å². The van der Waals surface area contributed by atoms with Gasteiger partial charge >= 0.3 is 6.03 Å². The highest BCUT2D eigenvalue weighted by molar-refractivity contribution is 7.09. The van der Waals surface area contributed by atoms with Gasteiger partial charge < -0.3 is 10.2 Å². The maximum atomic E-state index is 13.2. The first-order valence-electron chi connectivity index (χ1n) is 10.1. The van der Waals surface area contributed by atoms with Crippen LogP contribution in [0, 0.1) is 12.7 Å². The molecule has 0 saturated carbocycles. The van der Waals surface area contributed by atoms with Crippen LogP contribution in [0.4, 0.5) is 9.18 Å². The number of imide groups is 1. The number of aromatic nitrogens is 1. The molecule has 1 aromatic heterocycles. The average Bonchev–Trinajstić information content (AvgIpc) is 3.25. The fourth-order valence-corrected chi connectivity index (χ4v) is 4.52. The molecule has 1 aromatic carbocycles. The molecule has 1 unspecified atom stereocenters. The zero-order chi connectivity index (χ0) is 22.2. The fraction of sp³-hybridized carbons (Fsp3) is 0.429. The molecular formula is C21H24FN5O3S. The number of carbonyl (C=O) groups is 3. The van der Waals surface area contributed by atoms with Crippen molar-refractivity contribution in [1.82, 2.24) is 25.0 Å². The summed E-state index contributed by atoms with van der Waals surface area (Å²) in [5.41, 5.74) is 0.171. The van der Waals surface area contributed by atoms with E-state index in [1.165, 1.54) is 24.3 Å². The Morgan fingerprint density at radius 2 is 1.87 bits per heavy atom. The topological polar surface area (TPSA) is 85.8 Å². The van der Waals surface area contributed by atoms with Crippen LogP contribution in [-0.4, -0.2) is 70.3 Å². The summed E-state index contributed by atoms with van der Waals surface area (Å²) in [4.78, 5) is 47.5. The molecular weight excluding hydrogens is 421 g/mol. The lowest BCUT2D eigenvalue weighted by Gasteiger charge is -2.35. The maximum Gasteiger partial charge on any atom is 0.325 e. The van der Waals surface area contributed by atoms with Gasteiger partial charge in [0.25, 0.3) is 5.91 Å². The zero-order valence-electron chi connectivity index (χ0n) is 17.4. The van der Waals surface area contributed by atoms with E-state index in [1.54, 1.807) is 23.2 Å². The van der Waals surface area contributed by atoms with Crippen molar-refractivity contribution in [2.75, 3.05) is 32.7 Å². The normalized spacial score (nSPS) is 22.2. The van der Waals surface area contributed by atoms with E-state index in [2.05, 4.69) is 15.2 Å². The Morgan fingerprint density at radius 1 is 1.19 bits per heavy atom. The summed E-state index contributed by atoms with van der Waals surface area (Å²) in [6, 6.07) is 4.77. The number of rotatable bonds is 5. The van der Waals surface area contributed by atoms with Crippen molar-refractivity contribution < 1.29 is 18.8 Å². The summed E-state index contributed by atoms with van der Waals surface area (Å²) in [6.07, 6.45) is 0. The minimum Gasteiger partial charge on any atom is -0.339 e. The van der Waals surface area contributed by atoms with Crippen LogP contribution in [0.1, 0.15) is 23.2 Å². The summed E-state index contributed by atoms with van der Waals surface area (Å²) >= 11 is 1.62. The van der Waals surface area contributed by atoms with Gasteiger partial charge in [-0.25, -0.2) is 14.2 Å². The summed E-state index contributed by atoms with van der Waals surface area (Å²) in [7, 11) is 0. The van der Waals surface area contributed by atoms with Crippen LogP contribution >= 0.6 is 11.3 Å². The summed E-state index contributed by atoms with van der Waals surface area (Å²) in [5.74, 6) is -1.22.